The van der Waals surface area contributed by atoms with Gasteiger partial charge in [0.25, 0.3) is 0 Å². The van der Waals surface area contributed by atoms with Gasteiger partial charge in [0, 0.05) is 6.42 Å². The van der Waals surface area contributed by atoms with Gasteiger partial charge in [-0.1, -0.05) is 24.3 Å². The second-order valence-electron chi connectivity index (χ2n) is 4.78. The summed E-state index contributed by atoms with van der Waals surface area (Å²) in [5, 5.41) is 0. The molecule has 0 saturated heterocycles. The number of benzene rings is 1. The van der Waals surface area contributed by atoms with Crippen LogP contribution in [0.2, 0.25) is 0 Å². The molecule has 1 amide bonds. The Morgan fingerprint density at radius 2 is 1.78 bits per heavy atom. The van der Waals surface area contributed by atoms with Gasteiger partial charge < -0.3 is 10.5 Å². The normalized spacial score (nSPS) is 11.1. The number of nitrogens with two attached hydrogens (primary N) is 1. The number of hydrogen-bond donors (Lipinski definition) is 1. The van der Waals surface area contributed by atoms with Crippen LogP contribution in [0.3, 0.4) is 0 Å². The third-order valence-electron chi connectivity index (χ3n) is 3.03. The van der Waals surface area contributed by atoms with Crippen LogP contribution in [0.5, 0.6) is 0 Å². The second-order valence-corrected chi connectivity index (χ2v) is 4.78. The highest BCUT2D eigenvalue weighted by Gasteiger charge is 2.30. The van der Waals surface area contributed by atoms with Gasteiger partial charge in [-0.15, -0.1) is 0 Å². The van der Waals surface area contributed by atoms with Crippen molar-refractivity contribution in [2.24, 2.45) is 5.73 Å². The minimum absolute atomic E-state index is 0.271. The molecule has 4 heteroatoms. The topological polar surface area (TPSA) is 69.4 Å². The molecule has 0 aliphatic heterocycles. The van der Waals surface area contributed by atoms with Crippen molar-refractivity contribution in [3.8, 4) is 0 Å². The van der Waals surface area contributed by atoms with Crippen molar-refractivity contribution in [3.63, 3.8) is 0 Å². The molecule has 0 aromatic heterocycles. The molecule has 18 heavy (non-hydrogen) atoms. The van der Waals surface area contributed by atoms with Crippen LogP contribution in [-0.4, -0.2) is 19.0 Å². The number of carbonyl (C=O) groups excluding carboxylic acids is 2. The maximum Gasteiger partial charge on any atom is 0.315 e. The summed E-state index contributed by atoms with van der Waals surface area (Å²) >= 11 is 0. The molecule has 0 unspecified atom stereocenters. The van der Waals surface area contributed by atoms with Crippen molar-refractivity contribution >= 4 is 11.9 Å². The first-order valence-corrected chi connectivity index (χ1v) is 5.84. The highest BCUT2D eigenvalue weighted by Crippen LogP contribution is 2.25. The predicted molar refractivity (Wildman–Crippen MR) is 69.0 cm³/mol. The van der Waals surface area contributed by atoms with E-state index in [0.29, 0.717) is 12.8 Å². The molecule has 2 N–H and O–H groups in total. The van der Waals surface area contributed by atoms with Crippen molar-refractivity contribution in [2.45, 2.75) is 32.1 Å². The number of hydrogen-bond acceptors (Lipinski definition) is 3. The average molecular weight is 249 g/mol. The number of aryl methyl sites for hydroxylation is 1. The van der Waals surface area contributed by atoms with Crippen LogP contribution in [0.4, 0.5) is 0 Å². The molecule has 0 fully saturated rings. The van der Waals surface area contributed by atoms with Gasteiger partial charge in [0.05, 0.1) is 12.5 Å². The summed E-state index contributed by atoms with van der Waals surface area (Å²) in [6, 6.07) is 7.58. The van der Waals surface area contributed by atoms with Gasteiger partial charge in [-0.25, -0.2) is 0 Å². The van der Waals surface area contributed by atoms with Crippen molar-refractivity contribution in [2.75, 3.05) is 7.11 Å². The van der Waals surface area contributed by atoms with Gasteiger partial charge in [-0.05, 0) is 31.4 Å². The van der Waals surface area contributed by atoms with E-state index in [-0.39, 0.29) is 11.9 Å². The molecule has 1 rings (SSSR count). The Morgan fingerprint density at radius 1 is 1.22 bits per heavy atom. The van der Waals surface area contributed by atoms with Crippen LogP contribution in [0.1, 0.15) is 31.4 Å². The van der Waals surface area contributed by atoms with Gasteiger partial charge >= 0.3 is 5.97 Å². The first-order valence-electron chi connectivity index (χ1n) is 5.84. The number of methoxy groups -OCH3 is 1. The summed E-state index contributed by atoms with van der Waals surface area (Å²) in [7, 11) is 1.38. The third kappa shape index (κ3) is 3.32. The second kappa shape index (κ2) is 5.67. The summed E-state index contributed by atoms with van der Waals surface area (Å²) in [4.78, 5) is 22.3. The van der Waals surface area contributed by atoms with Crippen molar-refractivity contribution < 1.29 is 14.3 Å². The Hall–Kier alpha value is -1.84. The lowest BCUT2D eigenvalue weighted by molar-refractivity contribution is -0.146. The van der Waals surface area contributed by atoms with E-state index in [9.17, 15) is 9.59 Å². The van der Waals surface area contributed by atoms with Gasteiger partial charge in [-0.3, -0.25) is 9.59 Å². The number of primary amides is 1. The molecule has 1 aromatic rings. The zero-order chi connectivity index (χ0) is 13.8. The first-order chi connectivity index (χ1) is 8.37. The molecule has 0 bridgehead atoms. The lowest BCUT2D eigenvalue weighted by Gasteiger charge is -2.22. The number of carbonyl (C=O) groups is 2. The van der Waals surface area contributed by atoms with E-state index >= 15 is 0 Å². The van der Waals surface area contributed by atoms with Crippen LogP contribution in [0.25, 0.3) is 0 Å². The molecule has 4 nitrogen and oxygen atoms in total. The van der Waals surface area contributed by atoms with Crippen LogP contribution in [-0.2, 0) is 26.2 Å². The van der Waals surface area contributed by atoms with Crippen molar-refractivity contribution in [3.05, 3.63) is 35.4 Å². The first kappa shape index (κ1) is 14.2. The summed E-state index contributed by atoms with van der Waals surface area (Å²) < 4.78 is 4.78. The molecule has 0 saturated carbocycles. The van der Waals surface area contributed by atoms with Crippen molar-refractivity contribution in [1.29, 1.82) is 0 Å². The lowest BCUT2D eigenvalue weighted by atomic mass is 9.84. The minimum Gasteiger partial charge on any atom is -0.468 e. The Bertz CT molecular complexity index is 435. The fourth-order valence-electron chi connectivity index (χ4n) is 1.73. The Morgan fingerprint density at radius 3 is 2.22 bits per heavy atom. The van der Waals surface area contributed by atoms with E-state index in [2.05, 4.69) is 0 Å². The van der Waals surface area contributed by atoms with E-state index in [1.54, 1.807) is 0 Å². The molecule has 0 radical (unpaired) electrons. The largest absolute Gasteiger partial charge is 0.468 e. The molecule has 98 valence electrons. The van der Waals surface area contributed by atoms with E-state index in [1.807, 2.05) is 38.1 Å². The van der Waals surface area contributed by atoms with Crippen molar-refractivity contribution in [1.82, 2.24) is 0 Å². The Balaban J connectivity index is 2.82. The monoisotopic (exact) mass is 249 g/mol. The SMILES string of the molecule is COC(=O)C(C)(C)c1ccc(CCC(N)=O)cc1. The Labute approximate surface area is 107 Å². The van der Waals surface area contributed by atoms with Gasteiger partial charge in [0.15, 0.2) is 0 Å². The predicted octanol–water partition coefficient (Wildman–Crippen LogP) is 1.56. The Kier molecular flexibility index (Phi) is 4.48. The molecule has 0 heterocycles. The third-order valence-corrected chi connectivity index (χ3v) is 3.03. The summed E-state index contributed by atoms with van der Waals surface area (Å²) in [5.74, 6) is -0.582. The fourth-order valence-corrected chi connectivity index (χ4v) is 1.73. The van der Waals surface area contributed by atoms with Crippen LogP contribution in [0, 0.1) is 0 Å². The van der Waals surface area contributed by atoms with Gasteiger partial charge in [0.1, 0.15) is 0 Å². The standard InChI is InChI=1S/C14H19NO3/c1-14(2,13(17)18-3)11-7-4-10(5-8-11)6-9-12(15)16/h4-5,7-8H,6,9H2,1-3H3,(H2,15,16). The average Bonchev–Trinajstić information content (AvgIpc) is 2.35. The zero-order valence-electron chi connectivity index (χ0n) is 11.0. The van der Waals surface area contributed by atoms with E-state index in [4.69, 9.17) is 10.5 Å². The smallest absolute Gasteiger partial charge is 0.315 e. The van der Waals surface area contributed by atoms with E-state index in [0.717, 1.165) is 11.1 Å². The lowest BCUT2D eigenvalue weighted by Crippen LogP contribution is -2.30. The molecule has 0 spiro atoms. The number of amides is 1. The number of ether oxygens (including phenoxy) is 1. The molecular formula is C14H19NO3. The molecule has 0 aliphatic carbocycles. The maximum absolute atomic E-state index is 11.7. The van der Waals surface area contributed by atoms with Crippen LogP contribution < -0.4 is 5.73 Å². The molecular weight excluding hydrogens is 230 g/mol. The van der Waals surface area contributed by atoms with E-state index in [1.165, 1.54) is 7.11 Å². The fraction of sp³-hybridized carbons (Fsp3) is 0.429. The zero-order valence-corrected chi connectivity index (χ0v) is 11.0. The minimum atomic E-state index is -0.670. The molecule has 0 atom stereocenters. The van der Waals surface area contributed by atoms with Crippen LogP contribution in [0.15, 0.2) is 24.3 Å². The number of rotatable bonds is 5. The quantitative estimate of drug-likeness (QED) is 0.805. The summed E-state index contributed by atoms with van der Waals surface area (Å²) in [6.45, 7) is 3.63. The van der Waals surface area contributed by atoms with Gasteiger partial charge in [0.2, 0.25) is 5.91 Å². The van der Waals surface area contributed by atoms with E-state index < -0.39 is 5.41 Å². The summed E-state index contributed by atoms with van der Waals surface area (Å²) in [5.41, 5.74) is 6.34. The highest BCUT2D eigenvalue weighted by molar-refractivity contribution is 5.82. The molecule has 0 aliphatic rings. The molecule has 1 aromatic carbocycles. The summed E-state index contributed by atoms with van der Waals surface area (Å²) in [6.07, 6.45) is 0.952. The highest BCUT2D eigenvalue weighted by atomic mass is 16.5. The maximum atomic E-state index is 11.7. The van der Waals surface area contributed by atoms with Gasteiger partial charge in [-0.2, -0.15) is 0 Å². The van der Waals surface area contributed by atoms with Crippen LogP contribution >= 0.6 is 0 Å². The number of esters is 1.